The molecule has 0 spiro atoms. The highest BCUT2D eigenvalue weighted by molar-refractivity contribution is 5.27. The lowest BCUT2D eigenvalue weighted by Gasteiger charge is -2.17. The SMILES string of the molecule is CNC(Cc1ccccc1C)c1ccnn1C. The molecular weight excluding hydrogens is 210 g/mol. The van der Waals surface area contributed by atoms with E-state index in [2.05, 4.69) is 47.7 Å². The molecule has 0 fully saturated rings. The van der Waals surface area contributed by atoms with Crippen LogP contribution in [0.1, 0.15) is 22.9 Å². The number of likely N-dealkylation sites (N-methyl/N-ethyl adjacent to an activating group) is 1. The summed E-state index contributed by atoms with van der Waals surface area (Å²) < 4.78 is 1.93. The molecule has 0 bridgehead atoms. The van der Waals surface area contributed by atoms with Gasteiger partial charge < -0.3 is 5.32 Å². The van der Waals surface area contributed by atoms with E-state index in [-0.39, 0.29) is 0 Å². The zero-order valence-electron chi connectivity index (χ0n) is 10.6. The predicted octanol–water partition coefficient (Wildman–Crippen LogP) is 2.23. The molecule has 1 aromatic heterocycles. The van der Waals surface area contributed by atoms with Gasteiger partial charge in [0.1, 0.15) is 0 Å². The zero-order chi connectivity index (χ0) is 12.3. The van der Waals surface area contributed by atoms with E-state index in [0.29, 0.717) is 6.04 Å². The third-order valence-corrected chi connectivity index (χ3v) is 3.25. The van der Waals surface area contributed by atoms with Gasteiger partial charge in [0.15, 0.2) is 0 Å². The van der Waals surface area contributed by atoms with Crippen molar-refractivity contribution in [3.8, 4) is 0 Å². The van der Waals surface area contributed by atoms with Crippen molar-refractivity contribution in [1.29, 1.82) is 0 Å². The van der Waals surface area contributed by atoms with Crippen LogP contribution in [0.2, 0.25) is 0 Å². The van der Waals surface area contributed by atoms with Crippen LogP contribution in [-0.2, 0) is 13.5 Å². The first-order valence-corrected chi connectivity index (χ1v) is 5.92. The van der Waals surface area contributed by atoms with Gasteiger partial charge in [-0.05, 0) is 37.6 Å². The fourth-order valence-corrected chi connectivity index (χ4v) is 2.14. The number of aromatic nitrogens is 2. The first kappa shape index (κ1) is 11.9. The van der Waals surface area contributed by atoms with Crippen molar-refractivity contribution in [3.63, 3.8) is 0 Å². The maximum atomic E-state index is 4.23. The molecule has 3 nitrogen and oxygen atoms in total. The first-order chi connectivity index (χ1) is 8.22. The summed E-state index contributed by atoms with van der Waals surface area (Å²) >= 11 is 0. The molecule has 0 radical (unpaired) electrons. The summed E-state index contributed by atoms with van der Waals surface area (Å²) in [7, 11) is 3.98. The van der Waals surface area contributed by atoms with Gasteiger partial charge in [0.25, 0.3) is 0 Å². The third-order valence-electron chi connectivity index (χ3n) is 3.25. The van der Waals surface area contributed by atoms with Gasteiger partial charge in [-0.1, -0.05) is 24.3 Å². The third kappa shape index (κ3) is 2.56. The van der Waals surface area contributed by atoms with Crippen LogP contribution in [0.3, 0.4) is 0 Å². The summed E-state index contributed by atoms with van der Waals surface area (Å²) in [5.74, 6) is 0. The Balaban J connectivity index is 2.22. The summed E-state index contributed by atoms with van der Waals surface area (Å²) in [4.78, 5) is 0. The molecule has 0 saturated heterocycles. The van der Waals surface area contributed by atoms with E-state index in [1.54, 1.807) is 0 Å². The molecule has 2 rings (SSSR count). The molecule has 0 saturated carbocycles. The number of benzene rings is 1. The van der Waals surface area contributed by atoms with Gasteiger partial charge in [-0.2, -0.15) is 5.10 Å². The second-order valence-corrected chi connectivity index (χ2v) is 4.35. The quantitative estimate of drug-likeness (QED) is 0.871. The Morgan fingerprint density at radius 2 is 2.06 bits per heavy atom. The molecule has 0 aliphatic carbocycles. The van der Waals surface area contributed by atoms with Gasteiger partial charge in [0.2, 0.25) is 0 Å². The van der Waals surface area contributed by atoms with Crippen LogP contribution in [0.25, 0.3) is 0 Å². The van der Waals surface area contributed by atoms with E-state index in [1.807, 2.05) is 25.0 Å². The molecule has 0 amide bonds. The lowest BCUT2D eigenvalue weighted by Crippen LogP contribution is -2.22. The van der Waals surface area contributed by atoms with Crippen LogP contribution in [-0.4, -0.2) is 16.8 Å². The number of nitrogens with one attached hydrogen (secondary N) is 1. The Bertz CT molecular complexity index is 488. The van der Waals surface area contributed by atoms with Crippen LogP contribution in [0.4, 0.5) is 0 Å². The number of rotatable bonds is 4. The minimum absolute atomic E-state index is 0.309. The van der Waals surface area contributed by atoms with E-state index >= 15 is 0 Å². The lowest BCUT2D eigenvalue weighted by atomic mass is 9.99. The normalized spacial score (nSPS) is 12.6. The number of hydrogen-bond donors (Lipinski definition) is 1. The first-order valence-electron chi connectivity index (χ1n) is 5.92. The number of aryl methyl sites for hydroxylation is 2. The van der Waals surface area contributed by atoms with Crippen molar-refractivity contribution in [2.75, 3.05) is 7.05 Å². The van der Waals surface area contributed by atoms with Gasteiger partial charge in [0, 0.05) is 13.2 Å². The standard InChI is InChI=1S/C14H19N3/c1-11-6-4-5-7-12(11)10-13(15-2)14-8-9-16-17(14)3/h4-9,13,15H,10H2,1-3H3. The summed E-state index contributed by atoms with van der Waals surface area (Å²) in [6, 6.07) is 10.9. The zero-order valence-corrected chi connectivity index (χ0v) is 10.6. The van der Waals surface area contributed by atoms with Crippen molar-refractivity contribution in [3.05, 3.63) is 53.3 Å². The van der Waals surface area contributed by atoms with E-state index in [0.717, 1.165) is 6.42 Å². The van der Waals surface area contributed by atoms with E-state index in [4.69, 9.17) is 0 Å². The van der Waals surface area contributed by atoms with E-state index in [1.165, 1.54) is 16.8 Å². The Labute approximate surface area is 102 Å². The van der Waals surface area contributed by atoms with E-state index < -0.39 is 0 Å². The van der Waals surface area contributed by atoms with Crippen molar-refractivity contribution in [2.45, 2.75) is 19.4 Å². The highest BCUT2D eigenvalue weighted by atomic mass is 15.3. The van der Waals surface area contributed by atoms with Gasteiger partial charge in [0.05, 0.1) is 11.7 Å². The molecule has 90 valence electrons. The lowest BCUT2D eigenvalue weighted by molar-refractivity contribution is 0.536. The topological polar surface area (TPSA) is 29.9 Å². The second kappa shape index (κ2) is 5.15. The summed E-state index contributed by atoms with van der Waals surface area (Å²) in [6.07, 6.45) is 2.83. The van der Waals surface area contributed by atoms with Crippen LogP contribution < -0.4 is 5.32 Å². The molecule has 1 heterocycles. The molecular formula is C14H19N3. The largest absolute Gasteiger partial charge is 0.311 e. The minimum Gasteiger partial charge on any atom is -0.311 e. The van der Waals surface area contributed by atoms with Gasteiger partial charge in [-0.25, -0.2) is 0 Å². The monoisotopic (exact) mass is 229 g/mol. The fourth-order valence-electron chi connectivity index (χ4n) is 2.14. The molecule has 1 aromatic carbocycles. The molecule has 0 aliphatic rings. The smallest absolute Gasteiger partial charge is 0.0553 e. The Morgan fingerprint density at radius 3 is 2.65 bits per heavy atom. The van der Waals surface area contributed by atoms with Crippen molar-refractivity contribution in [1.82, 2.24) is 15.1 Å². The highest BCUT2D eigenvalue weighted by Crippen LogP contribution is 2.19. The molecule has 2 aromatic rings. The van der Waals surface area contributed by atoms with Crippen molar-refractivity contribution >= 4 is 0 Å². The molecule has 17 heavy (non-hydrogen) atoms. The fraction of sp³-hybridized carbons (Fsp3) is 0.357. The second-order valence-electron chi connectivity index (χ2n) is 4.35. The minimum atomic E-state index is 0.309. The average molecular weight is 229 g/mol. The Morgan fingerprint density at radius 1 is 1.29 bits per heavy atom. The maximum Gasteiger partial charge on any atom is 0.0553 e. The predicted molar refractivity (Wildman–Crippen MR) is 69.9 cm³/mol. The van der Waals surface area contributed by atoms with Crippen LogP contribution in [0.15, 0.2) is 36.5 Å². The van der Waals surface area contributed by atoms with Gasteiger partial charge >= 0.3 is 0 Å². The molecule has 1 unspecified atom stereocenters. The Hall–Kier alpha value is -1.61. The molecule has 3 heteroatoms. The van der Waals surface area contributed by atoms with Crippen LogP contribution >= 0.6 is 0 Å². The molecule has 1 N–H and O–H groups in total. The maximum absolute atomic E-state index is 4.23. The summed E-state index contributed by atoms with van der Waals surface area (Å²) in [6.45, 7) is 2.16. The number of nitrogens with zero attached hydrogens (tertiary/aromatic N) is 2. The van der Waals surface area contributed by atoms with Crippen molar-refractivity contribution < 1.29 is 0 Å². The summed E-state index contributed by atoms with van der Waals surface area (Å²) in [5.41, 5.74) is 3.94. The Kier molecular flexibility index (Phi) is 3.59. The number of hydrogen-bond acceptors (Lipinski definition) is 2. The van der Waals surface area contributed by atoms with Crippen molar-refractivity contribution in [2.24, 2.45) is 7.05 Å². The van der Waals surface area contributed by atoms with Gasteiger partial charge in [-0.3, -0.25) is 4.68 Å². The van der Waals surface area contributed by atoms with Crippen LogP contribution in [0, 0.1) is 6.92 Å². The average Bonchev–Trinajstić information content (AvgIpc) is 2.75. The highest BCUT2D eigenvalue weighted by Gasteiger charge is 2.14. The molecule has 0 aliphatic heterocycles. The van der Waals surface area contributed by atoms with Crippen LogP contribution in [0.5, 0.6) is 0 Å². The van der Waals surface area contributed by atoms with Gasteiger partial charge in [-0.15, -0.1) is 0 Å². The van der Waals surface area contributed by atoms with E-state index in [9.17, 15) is 0 Å². The molecule has 1 atom stereocenters. The summed E-state index contributed by atoms with van der Waals surface area (Å²) in [5, 5.41) is 7.59.